The largest absolute Gasteiger partial charge is 0.456 e. The molecule has 0 aliphatic heterocycles. The molecule has 1 aliphatic carbocycles. The monoisotopic (exact) mass is 676 g/mol. The van der Waals surface area contributed by atoms with E-state index in [0.29, 0.717) is 17.5 Å². The fourth-order valence-corrected chi connectivity index (χ4v) is 7.91. The van der Waals surface area contributed by atoms with Crippen LogP contribution in [0.4, 0.5) is 0 Å². The smallest absolute Gasteiger partial charge is 0.164 e. The highest BCUT2D eigenvalue weighted by Crippen LogP contribution is 2.48. The Bertz CT molecular complexity index is 3030. The number of hydrogen-bond donors (Lipinski definition) is 0. The second-order valence-electron chi connectivity index (χ2n) is 13.4. The van der Waals surface area contributed by atoms with Crippen LogP contribution in [0.25, 0.3) is 112 Å². The molecule has 1 aliphatic rings. The molecule has 3 aromatic heterocycles. The van der Waals surface area contributed by atoms with E-state index in [1.54, 1.807) is 0 Å². The zero-order valence-electron chi connectivity index (χ0n) is 28.4. The van der Waals surface area contributed by atoms with Gasteiger partial charge in [0.05, 0.1) is 5.69 Å². The molecule has 0 N–H and O–H groups in total. The lowest BCUT2D eigenvalue weighted by molar-refractivity contribution is 0.669. The summed E-state index contributed by atoms with van der Waals surface area (Å²) in [5, 5.41) is 4.68. The highest BCUT2D eigenvalue weighted by Gasteiger charge is 2.23. The number of nitrogens with zero attached hydrogens (tertiary/aromatic N) is 4. The van der Waals surface area contributed by atoms with Crippen molar-refractivity contribution in [1.82, 2.24) is 19.9 Å². The summed E-state index contributed by atoms with van der Waals surface area (Å²) in [6.07, 6.45) is 1.87. The Morgan fingerprint density at radius 1 is 0.340 bits per heavy atom. The lowest BCUT2D eigenvalue weighted by Crippen LogP contribution is -2.00. The van der Waals surface area contributed by atoms with E-state index in [0.717, 1.165) is 61.0 Å². The Labute approximate surface area is 304 Å². The fraction of sp³-hybridized carbons (Fsp3) is 0. The summed E-state index contributed by atoms with van der Waals surface area (Å²) in [6, 6.07) is 56.7. The third-order valence-electron chi connectivity index (χ3n) is 10.3. The van der Waals surface area contributed by atoms with Gasteiger partial charge in [-0.3, -0.25) is 4.98 Å². The van der Waals surface area contributed by atoms with Crippen molar-refractivity contribution in [1.29, 1.82) is 0 Å². The summed E-state index contributed by atoms with van der Waals surface area (Å²) >= 11 is 0. The van der Waals surface area contributed by atoms with E-state index in [2.05, 4.69) is 103 Å². The van der Waals surface area contributed by atoms with Gasteiger partial charge < -0.3 is 4.42 Å². The maximum absolute atomic E-state index is 6.21. The molecule has 0 atom stereocenters. The van der Waals surface area contributed by atoms with Crippen LogP contribution in [-0.4, -0.2) is 19.9 Å². The molecule has 0 amide bonds. The third kappa shape index (κ3) is 4.71. The minimum absolute atomic E-state index is 0.615. The van der Waals surface area contributed by atoms with Crippen LogP contribution in [-0.2, 0) is 0 Å². The Balaban J connectivity index is 1.02. The van der Waals surface area contributed by atoms with Crippen LogP contribution in [0.2, 0.25) is 0 Å². The lowest BCUT2D eigenvalue weighted by atomic mass is 9.94. The molecule has 10 aromatic rings. The quantitative estimate of drug-likeness (QED) is 0.181. The zero-order chi connectivity index (χ0) is 34.9. The normalized spacial score (nSPS) is 11.8. The summed E-state index contributed by atoms with van der Waals surface area (Å²) in [7, 11) is 0. The number of para-hydroxylation sites is 1. The van der Waals surface area contributed by atoms with Crippen LogP contribution in [0.5, 0.6) is 0 Å². The average molecular weight is 677 g/mol. The highest BCUT2D eigenvalue weighted by atomic mass is 16.3. The molecule has 0 saturated carbocycles. The van der Waals surface area contributed by atoms with E-state index in [-0.39, 0.29) is 0 Å². The Morgan fingerprint density at radius 2 is 0.943 bits per heavy atom. The topological polar surface area (TPSA) is 64.7 Å². The molecule has 3 heterocycles. The molecular weight excluding hydrogens is 649 g/mol. The SMILES string of the molecule is c1ccc(-c2nc(-c3ccc(-c4ccc5c6c(cccc46)-c4cccnc4-5)cc3)nc(-c3cccc(-c4cccc5oc6ccccc6c45)c3)n2)cc1. The first kappa shape index (κ1) is 29.5. The third-order valence-corrected chi connectivity index (χ3v) is 10.3. The molecule has 7 aromatic carbocycles. The van der Waals surface area contributed by atoms with Crippen molar-refractivity contribution in [3.8, 4) is 78.8 Å². The maximum atomic E-state index is 6.21. The highest BCUT2D eigenvalue weighted by molar-refractivity contribution is 6.18. The van der Waals surface area contributed by atoms with Crippen molar-refractivity contribution >= 4 is 32.7 Å². The van der Waals surface area contributed by atoms with Crippen LogP contribution in [0, 0.1) is 0 Å². The van der Waals surface area contributed by atoms with E-state index in [1.165, 1.54) is 33.0 Å². The van der Waals surface area contributed by atoms with Crippen LogP contribution >= 0.6 is 0 Å². The first-order valence-electron chi connectivity index (χ1n) is 17.7. The van der Waals surface area contributed by atoms with Gasteiger partial charge in [-0.1, -0.05) is 140 Å². The summed E-state index contributed by atoms with van der Waals surface area (Å²) in [5.74, 6) is 1.86. The number of pyridine rings is 1. The second kappa shape index (κ2) is 11.7. The first-order valence-corrected chi connectivity index (χ1v) is 17.7. The fourth-order valence-electron chi connectivity index (χ4n) is 7.91. The maximum Gasteiger partial charge on any atom is 0.164 e. The number of rotatable bonds is 5. The molecule has 0 fully saturated rings. The summed E-state index contributed by atoms with van der Waals surface area (Å²) in [4.78, 5) is 19.9. The predicted octanol–water partition coefficient (Wildman–Crippen LogP) is 12.3. The minimum atomic E-state index is 0.615. The van der Waals surface area contributed by atoms with Crippen LogP contribution in [0.3, 0.4) is 0 Å². The van der Waals surface area contributed by atoms with E-state index in [1.807, 2.05) is 66.9 Å². The molecule has 0 saturated heterocycles. The molecule has 53 heavy (non-hydrogen) atoms. The van der Waals surface area contributed by atoms with E-state index in [4.69, 9.17) is 24.4 Å². The van der Waals surface area contributed by atoms with Crippen molar-refractivity contribution in [2.45, 2.75) is 0 Å². The number of hydrogen-bond acceptors (Lipinski definition) is 5. The molecule has 5 heteroatoms. The predicted molar refractivity (Wildman–Crippen MR) is 214 cm³/mol. The van der Waals surface area contributed by atoms with Crippen molar-refractivity contribution in [2.24, 2.45) is 0 Å². The lowest BCUT2D eigenvalue weighted by Gasteiger charge is -2.12. The van der Waals surface area contributed by atoms with Gasteiger partial charge in [-0.2, -0.15) is 0 Å². The number of furan rings is 1. The van der Waals surface area contributed by atoms with Crippen LogP contribution < -0.4 is 0 Å². The van der Waals surface area contributed by atoms with Gasteiger partial charge in [-0.25, -0.2) is 15.0 Å². The minimum Gasteiger partial charge on any atom is -0.456 e. The second-order valence-corrected chi connectivity index (χ2v) is 13.4. The van der Waals surface area contributed by atoms with Crippen LogP contribution in [0.1, 0.15) is 0 Å². The molecule has 246 valence electrons. The first-order chi connectivity index (χ1) is 26.3. The molecule has 0 spiro atoms. The van der Waals surface area contributed by atoms with Gasteiger partial charge >= 0.3 is 0 Å². The van der Waals surface area contributed by atoms with Gasteiger partial charge in [0.15, 0.2) is 17.5 Å². The molecule has 0 unspecified atom stereocenters. The van der Waals surface area contributed by atoms with Crippen molar-refractivity contribution < 1.29 is 4.42 Å². The molecular formula is C48H28N4O. The summed E-state index contributed by atoms with van der Waals surface area (Å²) in [6.45, 7) is 0. The molecule has 11 rings (SSSR count). The van der Waals surface area contributed by atoms with Gasteiger partial charge in [0, 0.05) is 44.8 Å². The standard InChI is InChI=1S/C48H28N4O/c1-2-10-30(11-3-1)46-50-47(31-23-21-29(22-24-31)34-25-26-40-43-36(34)16-7-17-37(43)38-18-9-27-49-45(38)40)52-48(51-46)33-13-6-12-32(28-33)35-15-8-20-42-44(35)39-14-4-5-19-41(39)53-42/h1-28H. The average Bonchev–Trinajstić information content (AvgIpc) is 3.78. The Kier molecular flexibility index (Phi) is 6.48. The van der Waals surface area contributed by atoms with Crippen molar-refractivity contribution in [2.75, 3.05) is 0 Å². The van der Waals surface area contributed by atoms with E-state index >= 15 is 0 Å². The Morgan fingerprint density at radius 3 is 1.81 bits per heavy atom. The van der Waals surface area contributed by atoms with Gasteiger partial charge in [-0.15, -0.1) is 0 Å². The van der Waals surface area contributed by atoms with Gasteiger partial charge in [0.1, 0.15) is 11.2 Å². The zero-order valence-corrected chi connectivity index (χ0v) is 28.4. The van der Waals surface area contributed by atoms with Gasteiger partial charge in [0.2, 0.25) is 0 Å². The number of benzene rings is 7. The molecule has 5 nitrogen and oxygen atoms in total. The van der Waals surface area contributed by atoms with Gasteiger partial charge in [-0.05, 0) is 62.9 Å². The summed E-state index contributed by atoms with van der Waals surface area (Å²) < 4.78 is 6.21. The molecule has 0 bridgehead atoms. The van der Waals surface area contributed by atoms with E-state index in [9.17, 15) is 0 Å². The van der Waals surface area contributed by atoms with E-state index < -0.39 is 0 Å². The number of fused-ring (bicyclic) bond motifs is 6. The van der Waals surface area contributed by atoms with Crippen molar-refractivity contribution in [3.05, 3.63) is 170 Å². The van der Waals surface area contributed by atoms with Crippen LogP contribution in [0.15, 0.2) is 174 Å². The van der Waals surface area contributed by atoms with Gasteiger partial charge in [0.25, 0.3) is 0 Å². The number of aromatic nitrogens is 4. The molecule has 0 radical (unpaired) electrons. The van der Waals surface area contributed by atoms with Crippen molar-refractivity contribution in [3.63, 3.8) is 0 Å². The summed E-state index contributed by atoms with van der Waals surface area (Å²) in [5.41, 5.74) is 13.7. The Hall–Kier alpha value is -7.24.